The number of carbonyl (C=O) groups excluding carboxylic acids is 1. The summed E-state index contributed by atoms with van der Waals surface area (Å²) < 4.78 is 2.02. The Morgan fingerprint density at radius 3 is 2.70 bits per heavy atom. The second-order valence-corrected chi connectivity index (χ2v) is 7.13. The summed E-state index contributed by atoms with van der Waals surface area (Å²) in [6, 6.07) is 5.72. The number of anilines is 1. The van der Waals surface area contributed by atoms with Crippen molar-refractivity contribution in [2.24, 2.45) is 0 Å². The average Bonchev–Trinajstić information content (AvgIpc) is 2.96. The number of fused-ring (bicyclic) bond motifs is 1. The number of halogens is 1. The first kappa shape index (κ1) is 16.0. The molecule has 23 heavy (non-hydrogen) atoms. The van der Waals surface area contributed by atoms with E-state index in [1.165, 1.54) is 11.3 Å². The van der Waals surface area contributed by atoms with Crippen molar-refractivity contribution < 1.29 is 4.79 Å². The molecule has 2 heterocycles. The second-order valence-electron chi connectivity index (χ2n) is 5.49. The van der Waals surface area contributed by atoms with E-state index in [0.717, 1.165) is 27.0 Å². The standard InChI is InChI=1S/C17H18ClN3OS/c1-5-21-14-7-6-12(18)8-13(14)9(2)15(21)16(22)20-17-19-10(3)11(4)23-17/h6-8H,5H2,1-4H3,(H,19,20,22). The molecule has 6 heteroatoms. The van der Waals surface area contributed by atoms with Gasteiger partial charge in [-0.3, -0.25) is 10.1 Å². The van der Waals surface area contributed by atoms with Crippen LogP contribution in [-0.4, -0.2) is 15.5 Å². The van der Waals surface area contributed by atoms with Crippen LogP contribution in [0.4, 0.5) is 5.13 Å². The van der Waals surface area contributed by atoms with Gasteiger partial charge in [-0.1, -0.05) is 11.6 Å². The third kappa shape index (κ3) is 2.75. The number of aryl methyl sites for hydroxylation is 4. The van der Waals surface area contributed by atoms with Crippen molar-refractivity contribution in [1.29, 1.82) is 0 Å². The molecule has 0 aliphatic heterocycles. The van der Waals surface area contributed by atoms with Gasteiger partial charge in [0, 0.05) is 27.3 Å². The van der Waals surface area contributed by atoms with Crippen molar-refractivity contribution in [1.82, 2.24) is 9.55 Å². The topological polar surface area (TPSA) is 46.9 Å². The molecule has 1 amide bonds. The second kappa shape index (κ2) is 5.98. The van der Waals surface area contributed by atoms with E-state index in [2.05, 4.69) is 10.3 Å². The summed E-state index contributed by atoms with van der Waals surface area (Å²) in [5.41, 5.74) is 3.57. The highest BCUT2D eigenvalue weighted by atomic mass is 35.5. The van der Waals surface area contributed by atoms with Gasteiger partial charge in [0.1, 0.15) is 5.69 Å². The zero-order valence-electron chi connectivity index (χ0n) is 13.5. The minimum atomic E-state index is -0.134. The highest BCUT2D eigenvalue weighted by molar-refractivity contribution is 7.15. The summed E-state index contributed by atoms with van der Waals surface area (Å²) in [4.78, 5) is 18.3. The molecular formula is C17H18ClN3OS. The van der Waals surface area contributed by atoms with E-state index in [1.54, 1.807) is 0 Å². The van der Waals surface area contributed by atoms with Crippen LogP contribution in [0.3, 0.4) is 0 Å². The molecular weight excluding hydrogens is 330 g/mol. The van der Waals surface area contributed by atoms with Gasteiger partial charge in [0.15, 0.2) is 5.13 Å². The summed E-state index contributed by atoms with van der Waals surface area (Å²) in [6.07, 6.45) is 0. The molecule has 0 fully saturated rings. The van der Waals surface area contributed by atoms with Gasteiger partial charge in [0.05, 0.1) is 5.69 Å². The smallest absolute Gasteiger partial charge is 0.274 e. The first-order valence-corrected chi connectivity index (χ1v) is 8.65. The maximum atomic E-state index is 12.8. The molecule has 0 radical (unpaired) electrons. The number of nitrogens with zero attached hydrogens (tertiary/aromatic N) is 2. The monoisotopic (exact) mass is 347 g/mol. The maximum absolute atomic E-state index is 12.8. The molecule has 0 atom stereocenters. The van der Waals surface area contributed by atoms with Crippen molar-refractivity contribution >= 4 is 44.9 Å². The number of rotatable bonds is 3. The maximum Gasteiger partial charge on any atom is 0.274 e. The molecule has 0 aliphatic carbocycles. The Balaban J connectivity index is 2.07. The van der Waals surface area contributed by atoms with Gasteiger partial charge in [0.2, 0.25) is 0 Å². The number of aromatic nitrogens is 2. The van der Waals surface area contributed by atoms with Crippen LogP contribution >= 0.6 is 22.9 Å². The zero-order valence-corrected chi connectivity index (χ0v) is 15.1. The molecule has 0 unspecified atom stereocenters. The third-order valence-corrected chi connectivity index (χ3v) is 5.28. The van der Waals surface area contributed by atoms with Crippen molar-refractivity contribution in [3.8, 4) is 0 Å². The molecule has 0 saturated carbocycles. The van der Waals surface area contributed by atoms with Crippen LogP contribution < -0.4 is 5.32 Å². The number of nitrogens with one attached hydrogen (secondary N) is 1. The van der Waals surface area contributed by atoms with Gasteiger partial charge in [-0.25, -0.2) is 4.98 Å². The SMILES string of the molecule is CCn1c(C(=O)Nc2nc(C)c(C)s2)c(C)c2cc(Cl)ccc21. The summed E-state index contributed by atoms with van der Waals surface area (Å²) in [5.74, 6) is -0.134. The Morgan fingerprint density at radius 2 is 2.09 bits per heavy atom. The fourth-order valence-electron chi connectivity index (χ4n) is 2.80. The zero-order chi connectivity index (χ0) is 16.7. The number of hydrogen-bond acceptors (Lipinski definition) is 3. The summed E-state index contributed by atoms with van der Waals surface area (Å²) in [7, 11) is 0. The van der Waals surface area contributed by atoms with Crippen LogP contribution in [0, 0.1) is 20.8 Å². The van der Waals surface area contributed by atoms with Gasteiger partial charge >= 0.3 is 0 Å². The van der Waals surface area contributed by atoms with E-state index >= 15 is 0 Å². The van der Waals surface area contributed by atoms with Crippen molar-refractivity contribution in [2.45, 2.75) is 34.2 Å². The van der Waals surface area contributed by atoms with E-state index in [-0.39, 0.29) is 5.91 Å². The summed E-state index contributed by atoms with van der Waals surface area (Å²) in [5, 5.41) is 5.24. The molecule has 0 spiro atoms. The van der Waals surface area contributed by atoms with Crippen LogP contribution in [0.2, 0.25) is 5.02 Å². The van der Waals surface area contributed by atoms with Crippen LogP contribution in [0.15, 0.2) is 18.2 Å². The Hall–Kier alpha value is -1.85. The van der Waals surface area contributed by atoms with Gasteiger partial charge in [0.25, 0.3) is 5.91 Å². The van der Waals surface area contributed by atoms with E-state index in [4.69, 9.17) is 11.6 Å². The van der Waals surface area contributed by atoms with Crippen LogP contribution in [0.5, 0.6) is 0 Å². The Morgan fingerprint density at radius 1 is 1.35 bits per heavy atom. The summed E-state index contributed by atoms with van der Waals surface area (Å²) in [6.45, 7) is 8.64. The minimum Gasteiger partial charge on any atom is -0.337 e. The fourth-order valence-corrected chi connectivity index (χ4v) is 3.78. The summed E-state index contributed by atoms with van der Waals surface area (Å²) >= 11 is 7.60. The number of hydrogen-bond donors (Lipinski definition) is 1. The van der Waals surface area contributed by atoms with Gasteiger partial charge < -0.3 is 4.57 Å². The molecule has 120 valence electrons. The lowest BCUT2D eigenvalue weighted by atomic mass is 10.1. The predicted octanol–water partition coefficient (Wildman–Crippen LogP) is 4.95. The number of carbonyl (C=O) groups is 1. The highest BCUT2D eigenvalue weighted by Gasteiger charge is 2.20. The molecule has 2 aromatic heterocycles. The first-order chi connectivity index (χ1) is 10.9. The lowest BCUT2D eigenvalue weighted by Crippen LogP contribution is -2.17. The lowest BCUT2D eigenvalue weighted by molar-refractivity contribution is 0.101. The minimum absolute atomic E-state index is 0.134. The molecule has 0 aliphatic rings. The Labute approximate surface area is 144 Å². The fraction of sp³-hybridized carbons (Fsp3) is 0.294. The number of amides is 1. The normalized spacial score (nSPS) is 11.2. The molecule has 0 bridgehead atoms. The van der Waals surface area contributed by atoms with Crippen LogP contribution in [0.25, 0.3) is 10.9 Å². The van der Waals surface area contributed by atoms with Gasteiger partial charge in [-0.15, -0.1) is 11.3 Å². The highest BCUT2D eigenvalue weighted by Crippen LogP contribution is 2.29. The van der Waals surface area contributed by atoms with Gasteiger partial charge in [-0.2, -0.15) is 0 Å². The predicted molar refractivity (Wildman–Crippen MR) is 96.9 cm³/mol. The Kier molecular flexibility index (Phi) is 4.17. The van der Waals surface area contributed by atoms with Crippen LogP contribution in [-0.2, 0) is 6.54 Å². The average molecular weight is 348 g/mol. The largest absolute Gasteiger partial charge is 0.337 e. The lowest BCUT2D eigenvalue weighted by Gasteiger charge is -2.08. The molecule has 1 N–H and O–H groups in total. The third-order valence-electron chi connectivity index (χ3n) is 4.06. The van der Waals surface area contributed by atoms with E-state index in [1.807, 2.05) is 50.5 Å². The quantitative estimate of drug-likeness (QED) is 0.728. The number of thiazole rings is 1. The van der Waals surface area contributed by atoms with E-state index in [0.29, 0.717) is 22.4 Å². The van der Waals surface area contributed by atoms with Gasteiger partial charge in [-0.05, 0) is 51.5 Å². The molecule has 3 rings (SSSR count). The molecule has 1 aromatic carbocycles. The van der Waals surface area contributed by atoms with Crippen molar-refractivity contribution in [2.75, 3.05) is 5.32 Å². The Bertz CT molecular complexity index is 891. The molecule has 4 nitrogen and oxygen atoms in total. The molecule has 3 aromatic rings. The van der Waals surface area contributed by atoms with Crippen molar-refractivity contribution in [3.63, 3.8) is 0 Å². The van der Waals surface area contributed by atoms with Crippen molar-refractivity contribution in [3.05, 3.63) is 45.1 Å². The number of benzene rings is 1. The first-order valence-electron chi connectivity index (χ1n) is 7.46. The van der Waals surface area contributed by atoms with Crippen LogP contribution in [0.1, 0.15) is 33.5 Å². The van der Waals surface area contributed by atoms with E-state index < -0.39 is 0 Å². The molecule has 0 saturated heterocycles. The van der Waals surface area contributed by atoms with E-state index in [9.17, 15) is 4.79 Å².